The van der Waals surface area contributed by atoms with E-state index in [0.29, 0.717) is 0 Å². The van der Waals surface area contributed by atoms with Gasteiger partial charge >= 0.3 is 0 Å². The lowest BCUT2D eigenvalue weighted by Crippen LogP contribution is -2.33. The van der Waals surface area contributed by atoms with Gasteiger partial charge in [-0.05, 0) is 12.1 Å². The normalized spacial score (nSPS) is 8.89. The number of nitrogens with one attached hydrogen (secondary N) is 2. The maximum Gasteiger partial charge on any atom is 0.266 e. The van der Waals surface area contributed by atoms with E-state index in [-0.39, 0.29) is 22.3 Å². The smallest absolute Gasteiger partial charge is 0.266 e. The summed E-state index contributed by atoms with van der Waals surface area (Å²) in [7, 11) is 0. The minimum Gasteiger partial charge on any atom is -0.290 e. The Morgan fingerprint density at radius 3 is 1.61 bits per heavy atom. The van der Waals surface area contributed by atoms with Crippen molar-refractivity contribution in [3.05, 3.63) is 34.4 Å². The van der Waals surface area contributed by atoms with Crippen LogP contribution in [-0.2, 0) is 0 Å². The van der Waals surface area contributed by atoms with Crippen molar-refractivity contribution in [3.8, 4) is 12.1 Å². The van der Waals surface area contributed by atoms with E-state index in [1.165, 1.54) is 0 Å². The highest BCUT2D eigenvalue weighted by Crippen LogP contribution is 2.16. The number of amides is 2. The Hall–Kier alpha value is -2.94. The first-order chi connectivity index (χ1) is 8.58. The van der Waals surface area contributed by atoms with E-state index in [9.17, 15) is 9.59 Å². The Balaban J connectivity index is 3.56. The van der Waals surface area contributed by atoms with Crippen molar-refractivity contribution in [1.82, 2.24) is 10.9 Å². The van der Waals surface area contributed by atoms with Crippen molar-refractivity contribution >= 4 is 11.8 Å². The fraction of sp³-hybridized carbons (Fsp3) is 0. The number of nitrogens with zero attached hydrogens (tertiary/aromatic N) is 2. The first-order valence-corrected chi connectivity index (χ1v) is 4.59. The zero-order valence-electron chi connectivity index (χ0n) is 9.02. The topological polar surface area (TPSA) is 158 Å². The number of nitrogen functional groups attached to an aromatic ring is 2. The molecule has 8 nitrogen and oxygen atoms in total. The second kappa shape index (κ2) is 5.41. The maximum atomic E-state index is 11.4. The summed E-state index contributed by atoms with van der Waals surface area (Å²) in [4.78, 5) is 22.8. The van der Waals surface area contributed by atoms with Crippen molar-refractivity contribution in [2.45, 2.75) is 0 Å². The van der Waals surface area contributed by atoms with Crippen molar-refractivity contribution in [1.29, 1.82) is 10.5 Å². The second-order valence-corrected chi connectivity index (χ2v) is 3.11. The first kappa shape index (κ1) is 13.1. The number of carbonyl (C=O) groups excluding carboxylic acids is 2. The predicted molar refractivity (Wildman–Crippen MR) is 59.2 cm³/mol. The summed E-state index contributed by atoms with van der Waals surface area (Å²) < 4.78 is 0. The predicted octanol–water partition coefficient (Wildman–Crippen LogP) is -1.36. The third-order valence-electron chi connectivity index (χ3n) is 2.15. The van der Waals surface area contributed by atoms with Crippen molar-refractivity contribution in [2.24, 2.45) is 11.7 Å². The van der Waals surface area contributed by atoms with E-state index in [1.807, 2.05) is 10.9 Å². The van der Waals surface area contributed by atoms with E-state index in [0.717, 1.165) is 12.1 Å². The van der Waals surface area contributed by atoms with Gasteiger partial charge < -0.3 is 0 Å². The molecule has 2 amide bonds. The molecule has 6 N–H and O–H groups in total. The lowest BCUT2D eigenvalue weighted by atomic mass is 9.98. The van der Waals surface area contributed by atoms with Crippen LogP contribution in [0.4, 0.5) is 0 Å². The van der Waals surface area contributed by atoms with Gasteiger partial charge in [-0.2, -0.15) is 10.5 Å². The number of rotatable bonds is 2. The second-order valence-electron chi connectivity index (χ2n) is 3.11. The van der Waals surface area contributed by atoms with Crippen LogP contribution in [0.2, 0.25) is 0 Å². The highest BCUT2D eigenvalue weighted by molar-refractivity contribution is 6.02. The van der Waals surface area contributed by atoms with E-state index in [4.69, 9.17) is 22.2 Å². The highest BCUT2D eigenvalue weighted by Gasteiger charge is 2.18. The molecular formula is C10H8N6O2. The summed E-state index contributed by atoms with van der Waals surface area (Å²) >= 11 is 0. The van der Waals surface area contributed by atoms with Crippen LogP contribution < -0.4 is 22.5 Å². The van der Waals surface area contributed by atoms with Crippen LogP contribution in [0.1, 0.15) is 31.8 Å². The fourth-order valence-electron chi connectivity index (χ4n) is 1.32. The summed E-state index contributed by atoms with van der Waals surface area (Å²) in [6, 6.07) is 5.68. The Labute approximate surface area is 102 Å². The summed E-state index contributed by atoms with van der Waals surface area (Å²) in [5.74, 6) is 8.42. The Morgan fingerprint density at radius 1 is 0.944 bits per heavy atom. The fourth-order valence-corrected chi connectivity index (χ4v) is 1.32. The molecule has 1 aromatic carbocycles. The quantitative estimate of drug-likeness (QED) is 0.285. The first-order valence-electron chi connectivity index (χ1n) is 4.59. The number of nitriles is 2. The molecule has 0 fully saturated rings. The van der Waals surface area contributed by atoms with E-state index in [1.54, 1.807) is 12.1 Å². The van der Waals surface area contributed by atoms with Gasteiger partial charge in [-0.3, -0.25) is 20.4 Å². The Morgan fingerprint density at radius 2 is 1.33 bits per heavy atom. The summed E-state index contributed by atoms with van der Waals surface area (Å²) in [5, 5.41) is 17.7. The van der Waals surface area contributed by atoms with Crippen molar-refractivity contribution < 1.29 is 9.59 Å². The maximum absolute atomic E-state index is 11.4. The molecule has 0 unspecified atom stereocenters. The molecular weight excluding hydrogens is 236 g/mol. The number of benzene rings is 1. The number of nitrogens with two attached hydrogens (primary N) is 2. The molecule has 0 bridgehead atoms. The SMILES string of the molecule is N#Cc1cc(C#N)c(C(=O)NN)cc1C(=O)NN. The molecule has 0 aliphatic carbocycles. The minimum atomic E-state index is -0.748. The van der Waals surface area contributed by atoms with Gasteiger partial charge in [0, 0.05) is 0 Å². The zero-order valence-corrected chi connectivity index (χ0v) is 9.02. The van der Waals surface area contributed by atoms with Gasteiger partial charge in [0.05, 0.1) is 22.3 Å². The van der Waals surface area contributed by atoms with Crippen LogP contribution in [0.5, 0.6) is 0 Å². The van der Waals surface area contributed by atoms with E-state index >= 15 is 0 Å². The van der Waals surface area contributed by atoms with Gasteiger partial charge in [-0.15, -0.1) is 0 Å². The molecule has 1 rings (SSSR count). The molecule has 0 aliphatic rings. The zero-order chi connectivity index (χ0) is 13.7. The third-order valence-corrected chi connectivity index (χ3v) is 2.15. The molecule has 0 heterocycles. The van der Waals surface area contributed by atoms with Crippen LogP contribution >= 0.6 is 0 Å². The highest BCUT2D eigenvalue weighted by atomic mass is 16.2. The van der Waals surface area contributed by atoms with Crippen LogP contribution in [0.15, 0.2) is 12.1 Å². The summed E-state index contributed by atoms with van der Waals surface area (Å²) in [6.07, 6.45) is 0. The molecule has 0 aliphatic heterocycles. The molecule has 0 atom stereocenters. The average Bonchev–Trinajstić information content (AvgIpc) is 2.43. The Kier molecular flexibility index (Phi) is 3.94. The number of hydrogen-bond acceptors (Lipinski definition) is 6. The van der Waals surface area contributed by atoms with Gasteiger partial charge in [0.25, 0.3) is 11.8 Å². The molecule has 1 aromatic rings. The van der Waals surface area contributed by atoms with Gasteiger partial charge in [-0.1, -0.05) is 0 Å². The molecule has 90 valence electrons. The molecule has 0 saturated heterocycles. The molecule has 0 aromatic heterocycles. The van der Waals surface area contributed by atoms with Crippen LogP contribution in [0, 0.1) is 22.7 Å². The number of carbonyl (C=O) groups is 2. The average molecular weight is 244 g/mol. The molecule has 0 radical (unpaired) electrons. The number of hydrogen-bond donors (Lipinski definition) is 4. The monoisotopic (exact) mass is 244 g/mol. The van der Waals surface area contributed by atoms with Crippen LogP contribution in [-0.4, -0.2) is 11.8 Å². The Bertz CT molecular complexity index is 546. The lowest BCUT2D eigenvalue weighted by molar-refractivity contribution is 0.0953. The molecule has 18 heavy (non-hydrogen) atoms. The van der Waals surface area contributed by atoms with Crippen LogP contribution in [0.3, 0.4) is 0 Å². The van der Waals surface area contributed by atoms with E-state index < -0.39 is 11.8 Å². The van der Waals surface area contributed by atoms with Crippen LogP contribution in [0.25, 0.3) is 0 Å². The van der Waals surface area contributed by atoms with Gasteiger partial charge in [0.1, 0.15) is 12.1 Å². The minimum absolute atomic E-state index is 0.0666. The van der Waals surface area contributed by atoms with Crippen molar-refractivity contribution in [3.63, 3.8) is 0 Å². The third kappa shape index (κ3) is 2.25. The lowest BCUT2D eigenvalue weighted by Gasteiger charge is -2.07. The van der Waals surface area contributed by atoms with Gasteiger partial charge in [0.2, 0.25) is 0 Å². The molecule has 8 heteroatoms. The molecule has 0 saturated carbocycles. The summed E-state index contributed by atoms with van der Waals surface area (Å²) in [6.45, 7) is 0. The van der Waals surface area contributed by atoms with E-state index in [2.05, 4.69) is 0 Å². The van der Waals surface area contributed by atoms with Crippen molar-refractivity contribution in [2.75, 3.05) is 0 Å². The van der Waals surface area contributed by atoms with Gasteiger partial charge in [-0.25, -0.2) is 11.7 Å². The standard InChI is InChI=1S/C10H8N6O2/c11-3-5-1-6(4-12)8(10(18)16-14)2-7(5)9(17)15-13/h1-2H,13-14H2,(H,15,17)(H,16,18). The summed E-state index contributed by atoms with van der Waals surface area (Å²) in [5.41, 5.74) is 3.32. The largest absolute Gasteiger partial charge is 0.290 e. The van der Waals surface area contributed by atoms with Gasteiger partial charge in [0.15, 0.2) is 0 Å². The molecule has 0 spiro atoms. The number of hydrazine groups is 2.